The molecule has 7 heteroatoms. The van der Waals surface area contributed by atoms with Crippen molar-refractivity contribution in [3.05, 3.63) is 16.1 Å². The lowest BCUT2D eigenvalue weighted by Gasteiger charge is -2.35. The SMILES string of the molecule is COC(=O)CCN1CCN(c2ncncc2I)CC1. The fourth-order valence-electron chi connectivity index (χ4n) is 2.07. The fourth-order valence-corrected chi connectivity index (χ4v) is 2.71. The van der Waals surface area contributed by atoms with Gasteiger partial charge in [0, 0.05) is 38.9 Å². The molecular formula is C12H17IN4O2. The van der Waals surface area contributed by atoms with E-state index in [0.717, 1.165) is 42.1 Å². The largest absolute Gasteiger partial charge is 0.469 e. The van der Waals surface area contributed by atoms with Crippen LogP contribution in [0.1, 0.15) is 6.42 Å². The average Bonchev–Trinajstić information content (AvgIpc) is 2.46. The van der Waals surface area contributed by atoms with E-state index in [1.54, 1.807) is 6.33 Å². The van der Waals surface area contributed by atoms with E-state index in [-0.39, 0.29) is 5.97 Å². The topological polar surface area (TPSA) is 58.6 Å². The molecule has 0 spiro atoms. The van der Waals surface area contributed by atoms with Gasteiger partial charge < -0.3 is 9.64 Å². The summed E-state index contributed by atoms with van der Waals surface area (Å²) in [6, 6.07) is 0. The molecule has 104 valence electrons. The summed E-state index contributed by atoms with van der Waals surface area (Å²) in [6.07, 6.45) is 3.87. The zero-order valence-electron chi connectivity index (χ0n) is 10.9. The van der Waals surface area contributed by atoms with Gasteiger partial charge in [0.1, 0.15) is 12.1 Å². The summed E-state index contributed by atoms with van der Waals surface area (Å²) in [7, 11) is 1.43. The van der Waals surface area contributed by atoms with Crippen LogP contribution in [0.15, 0.2) is 12.5 Å². The highest BCUT2D eigenvalue weighted by molar-refractivity contribution is 14.1. The molecule has 1 aromatic heterocycles. The third kappa shape index (κ3) is 4.00. The second-order valence-electron chi connectivity index (χ2n) is 4.35. The van der Waals surface area contributed by atoms with E-state index in [4.69, 9.17) is 0 Å². The molecule has 0 unspecified atom stereocenters. The summed E-state index contributed by atoms with van der Waals surface area (Å²) in [5.74, 6) is 0.857. The molecule has 0 amide bonds. The van der Waals surface area contributed by atoms with E-state index in [0.29, 0.717) is 6.42 Å². The Labute approximate surface area is 126 Å². The first-order valence-corrected chi connectivity index (χ1v) is 7.28. The summed E-state index contributed by atoms with van der Waals surface area (Å²) >= 11 is 2.26. The Morgan fingerprint density at radius 3 is 2.79 bits per heavy atom. The molecule has 1 aromatic rings. The predicted molar refractivity (Wildman–Crippen MR) is 80.0 cm³/mol. The van der Waals surface area contributed by atoms with Gasteiger partial charge in [0.05, 0.1) is 17.1 Å². The minimum Gasteiger partial charge on any atom is -0.469 e. The van der Waals surface area contributed by atoms with Gasteiger partial charge in [-0.05, 0) is 22.6 Å². The number of hydrogen-bond acceptors (Lipinski definition) is 6. The number of halogens is 1. The minimum atomic E-state index is -0.146. The molecule has 1 saturated heterocycles. The van der Waals surface area contributed by atoms with Crippen molar-refractivity contribution in [2.24, 2.45) is 0 Å². The maximum Gasteiger partial charge on any atom is 0.306 e. The Hall–Kier alpha value is -0.960. The molecule has 0 aromatic carbocycles. The monoisotopic (exact) mass is 376 g/mol. The number of carbonyl (C=O) groups excluding carboxylic acids is 1. The van der Waals surface area contributed by atoms with Crippen molar-refractivity contribution in [1.82, 2.24) is 14.9 Å². The third-order valence-electron chi connectivity index (χ3n) is 3.18. The second-order valence-corrected chi connectivity index (χ2v) is 5.51. The number of methoxy groups -OCH3 is 1. The number of carbonyl (C=O) groups is 1. The van der Waals surface area contributed by atoms with Gasteiger partial charge in [0.25, 0.3) is 0 Å². The van der Waals surface area contributed by atoms with Crippen LogP contribution in [-0.2, 0) is 9.53 Å². The van der Waals surface area contributed by atoms with E-state index in [9.17, 15) is 4.79 Å². The number of hydrogen-bond donors (Lipinski definition) is 0. The Morgan fingerprint density at radius 1 is 1.42 bits per heavy atom. The number of nitrogens with zero attached hydrogens (tertiary/aromatic N) is 4. The molecule has 2 rings (SSSR count). The van der Waals surface area contributed by atoms with Gasteiger partial charge in [-0.25, -0.2) is 9.97 Å². The molecule has 2 heterocycles. The molecule has 0 saturated carbocycles. The average molecular weight is 376 g/mol. The van der Waals surface area contributed by atoms with Gasteiger partial charge in [0.15, 0.2) is 0 Å². The first-order valence-electron chi connectivity index (χ1n) is 6.20. The van der Waals surface area contributed by atoms with Crippen molar-refractivity contribution in [1.29, 1.82) is 0 Å². The Bertz CT molecular complexity index is 435. The Morgan fingerprint density at radius 2 is 2.16 bits per heavy atom. The van der Waals surface area contributed by atoms with Gasteiger partial charge in [-0.2, -0.15) is 0 Å². The maximum absolute atomic E-state index is 11.1. The van der Waals surface area contributed by atoms with Crippen molar-refractivity contribution in [3.8, 4) is 0 Å². The van der Waals surface area contributed by atoms with Crippen LogP contribution in [-0.4, -0.2) is 60.7 Å². The van der Waals surface area contributed by atoms with Crippen LogP contribution in [0.2, 0.25) is 0 Å². The van der Waals surface area contributed by atoms with Crippen molar-refractivity contribution in [2.75, 3.05) is 44.7 Å². The van der Waals surface area contributed by atoms with Crippen molar-refractivity contribution >= 4 is 34.4 Å². The molecule has 19 heavy (non-hydrogen) atoms. The van der Waals surface area contributed by atoms with Gasteiger partial charge in [-0.15, -0.1) is 0 Å². The van der Waals surface area contributed by atoms with Gasteiger partial charge in [-0.1, -0.05) is 0 Å². The molecule has 0 bridgehead atoms. The summed E-state index contributed by atoms with van der Waals surface area (Å²) < 4.78 is 5.73. The van der Waals surface area contributed by atoms with Crippen LogP contribution >= 0.6 is 22.6 Å². The summed E-state index contributed by atoms with van der Waals surface area (Å²) in [6.45, 7) is 4.50. The molecule has 0 N–H and O–H groups in total. The van der Waals surface area contributed by atoms with Gasteiger partial charge >= 0.3 is 5.97 Å². The van der Waals surface area contributed by atoms with E-state index >= 15 is 0 Å². The molecule has 6 nitrogen and oxygen atoms in total. The Kier molecular flexibility index (Phi) is 5.32. The number of ether oxygens (including phenoxy) is 1. The van der Waals surface area contributed by atoms with Crippen LogP contribution in [0.5, 0.6) is 0 Å². The molecule has 1 aliphatic heterocycles. The zero-order valence-corrected chi connectivity index (χ0v) is 13.0. The van der Waals surface area contributed by atoms with Crippen LogP contribution in [0.25, 0.3) is 0 Å². The van der Waals surface area contributed by atoms with Gasteiger partial charge in [0.2, 0.25) is 0 Å². The number of aromatic nitrogens is 2. The summed E-state index contributed by atoms with van der Waals surface area (Å²) in [5.41, 5.74) is 0. The zero-order chi connectivity index (χ0) is 13.7. The highest BCUT2D eigenvalue weighted by Crippen LogP contribution is 2.19. The molecule has 1 aliphatic rings. The maximum atomic E-state index is 11.1. The van der Waals surface area contributed by atoms with Crippen LogP contribution < -0.4 is 4.90 Å². The molecule has 0 atom stereocenters. The molecule has 0 aliphatic carbocycles. The minimum absolute atomic E-state index is 0.146. The van der Waals surface area contributed by atoms with E-state index in [2.05, 4.69) is 47.1 Å². The second kappa shape index (κ2) is 6.99. The van der Waals surface area contributed by atoms with Crippen molar-refractivity contribution in [3.63, 3.8) is 0 Å². The first kappa shape index (κ1) is 14.4. The smallest absolute Gasteiger partial charge is 0.306 e. The van der Waals surface area contributed by atoms with E-state index in [1.165, 1.54) is 7.11 Å². The Balaban J connectivity index is 1.83. The summed E-state index contributed by atoms with van der Waals surface area (Å²) in [5, 5.41) is 0. The van der Waals surface area contributed by atoms with Crippen LogP contribution in [0.3, 0.4) is 0 Å². The highest BCUT2D eigenvalue weighted by atomic mass is 127. The van der Waals surface area contributed by atoms with Crippen LogP contribution in [0, 0.1) is 3.57 Å². The highest BCUT2D eigenvalue weighted by Gasteiger charge is 2.20. The fraction of sp³-hybridized carbons (Fsp3) is 0.583. The quantitative estimate of drug-likeness (QED) is 0.572. The first-order chi connectivity index (χ1) is 9.20. The lowest BCUT2D eigenvalue weighted by Crippen LogP contribution is -2.47. The lowest BCUT2D eigenvalue weighted by atomic mass is 10.3. The van der Waals surface area contributed by atoms with Crippen molar-refractivity contribution < 1.29 is 9.53 Å². The van der Waals surface area contributed by atoms with E-state index in [1.807, 2.05) is 6.20 Å². The summed E-state index contributed by atoms with van der Waals surface area (Å²) in [4.78, 5) is 24.0. The standard InChI is InChI=1S/C12H17IN4O2/c1-19-11(18)2-3-16-4-6-17(7-5-16)12-10(13)8-14-9-15-12/h8-9H,2-7H2,1H3. The number of anilines is 1. The van der Waals surface area contributed by atoms with Gasteiger partial charge in [-0.3, -0.25) is 9.69 Å². The predicted octanol–water partition coefficient (Wildman–Crippen LogP) is 0.766. The van der Waals surface area contributed by atoms with Crippen molar-refractivity contribution in [2.45, 2.75) is 6.42 Å². The van der Waals surface area contributed by atoms with Crippen LogP contribution in [0.4, 0.5) is 5.82 Å². The number of piperazine rings is 1. The normalized spacial score (nSPS) is 16.4. The molecule has 0 radical (unpaired) electrons. The molecular weight excluding hydrogens is 359 g/mol. The number of esters is 1. The van der Waals surface area contributed by atoms with E-state index < -0.39 is 0 Å². The third-order valence-corrected chi connectivity index (χ3v) is 3.94. The lowest BCUT2D eigenvalue weighted by molar-refractivity contribution is -0.141. The molecule has 1 fully saturated rings. The number of rotatable bonds is 4.